The molecule has 0 bridgehead atoms. The molecule has 0 aromatic heterocycles. The fourth-order valence-corrected chi connectivity index (χ4v) is 3.77. The minimum absolute atomic E-state index is 0.0870. The van der Waals surface area contributed by atoms with Gasteiger partial charge in [0.25, 0.3) is 0 Å². The van der Waals surface area contributed by atoms with Crippen molar-refractivity contribution in [3.63, 3.8) is 0 Å². The van der Waals surface area contributed by atoms with Gasteiger partial charge < -0.3 is 5.32 Å². The molecule has 1 aromatic carbocycles. The zero-order valence-corrected chi connectivity index (χ0v) is 10.4. The lowest BCUT2D eigenvalue weighted by Gasteiger charge is -2.10. The lowest BCUT2D eigenvalue weighted by atomic mass is 10.3. The Kier molecular flexibility index (Phi) is 3.52. The van der Waals surface area contributed by atoms with Crippen LogP contribution in [0.1, 0.15) is 12.8 Å². The maximum Gasteiger partial charge on any atom is 0.179 e. The molecule has 1 atom stereocenters. The quantitative estimate of drug-likeness (QED) is 0.901. The monoisotopic (exact) mass is 259 g/mol. The minimum atomic E-state index is -3.21. The number of sulfone groups is 1. The van der Waals surface area contributed by atoms with Crippen LogP contribution in [-0.2, 0) is 9.84 Å². The molecule has 0 radical (unpaired) electrons. The Bertz CT molecular complexity index is 467. The zero-order valence-electron chi connectivity index (χ0n) is 8.82. The van der Waals surface area contributed by atoms with Crippen molar-refractivity contribution >= 4 is 21.4 Å². The van der Waals surface area contributed by atoms with E-state index in [2.05, 4.69) is 5.32 Å². The van der Waals surface area contributed by atoms with Crippen LogP contribution in [0.15, 0.2) is 29.2 Å². The van der Waals surface area contributed by atoms with Crippen LogP contribution in [0.2, 0.25) is 5.02 Å². The Balaban J connectivity index is 2.18. The molecule has 1 heterocycles. The number of nitrogens with one attached hydrogen (secondary N) is 1. The van der Waals surface area contributed by atoms with Crippen molar-refractivity contribution in [2.24, 2.45) is 0 Å². The minimum Gasteiger partial charge on any atom is -0.313 e. The van der Waals surface area contributed by atoms with Crippen LogP contribution in [0.25, 0.3) is 0 Å². The third-order valence-corrected chi connectivity index (χ3v) is 4.79. The van der Waals surface area contributed by atoms with Gasteiger partial charge >= 0.3 is 0 Å². The maximum atomic E-state index is 12.0. The topological polar surface area (TPSA) is 46.2 Å². The summed E-state index contributed by atoms with van der Waals surface area (Å²) in [7, 11) is -3.21. The van der Waals surface area contributed by atoms with Gasteiger partial charge in [0.15, 0.2) is 9.84 Å². The second kappa shape index (κ2) is 4.73. The van der Waals surface area contributed by atoms with E-state index in [-0.39, 0.29) is 11.8 Å². The third kappa shape index (κ3) is 2.75. The smallest absolute Gasteiger partial charge is 0.179 e. The highest BCUT2D eigenvalue weighted by Crippen LogP contribution is 2.19. The van der Waals surface area contributed by atoms with Crippen molar-refractivity contribution in [1.29, 1.82) is 0 Å². The molecule has 5 heteroatoms. The molecule has 1 aliphatic heterocycles. The highest BCUT2D eigenvalue weighted by Gasteiger charge is 2.23. The van der Waals surface area contributed by atoms with E-state index in [1.54, 1.807) is 18.2 Å². The molecule has 0 aliphatic carbocycles. The van der Waals surface area contributed by atoms with Crippen molar-refractivity contribution in [3.8, 4) is 0 Å². The Morgan fingerprint density at radius 1 is 1.44 bits per heavy atom. The van der Waals surface area contributed by atoms with Crippen LogP contribution in [0.4, 0.5) is 0 Å². The normalized spacial score (nSPS) is 21.2. The van der Waals surface area contributed by atoms with E-state index in [0.717, 1.165) is 19.4 Å². The van der Waals surface area contributed by atoms with Crippen molar-refractivity contribution in [2.75, 3.05) is 12.3 Å². The van der Waals surface area contributed by atoms with Crippen molar-refractivity contribution in [1.82, 2.24) is 5.32 Å². The molecule has 88 valence electrons. The van der Waals surface area contributed by atoms with E-state index in [9.17, 15) is 8.42 Å². The van der Waals surface area contributed by atoms with Crippen LogP contribution in [0.5, 0.6) is 0 Å². The van der Waals surface area contributed by atoms with Crippen LogP contribution >= 0.6 is 11.6 Å². The lowest BCUT2D eigenvalue weighted by molar-refractivity contribution is 0.577. The molecule has 1 saturated heterocycles. The second-order valence-electron chi connectivity index (χ2n) is 4.03. The summed E-state index contributed by atoms with van der Waals surface area (Å²) in [6.07, 6.45) is 1.98. The van der Waals surface area contributed by atoms with E-state index in [1.165, 1.54) is 6.07 Å². The van der Waals surface area contributed by atoms with Crippen molar-refractivity contribution in [2.45, 2.75) is 23.8 Å². The molecule has 1 unspecified atom stereocenters. The Hall–Kier alpha value is -0.580. The summed E-state index contributed by atoms with van der Waals surface area (Å²) in [4.78, 5) is 0.314. The van der Waals surface area contributed by atoms with Crippen LogP contribution < -0.4 is 5.32 Å². The van der Waals surface area contributed by atoms with E-state index < -0.39 is 9.84 Å². The fraction of sp³-hybridized carbons (Fsp3) is 0.455. The number of hydrogen-bond donors (Lipinski definition) is 1. The highest BCUT2D eigenvalue weighted by atomic mass is 35.5. The number of halogens is 1. The molecule has 3 nitrogen and oxygen atoms in total. The van der Waals surface area contributed by atoms with Gasteiger partial charge in [-0.25, -0.2) is 8.42 Å². The van der Waals surface area contributed by atoms with E-state index in [4.69, 9.17) is 11.6 Å². The van der Waals surface area contributed by atoms with Crippen LogP contribution in [0.3, 0.4) is 0 Å². The molecule has 0 amide bonds. The van der Waals surface area contributed by atoms with Gasteiger partial charge in [-0.2, -0.15) is 0 Å². The average Bonchev–Trinajstić information content (AvgIpc) is 2.70. The van der Waals surface area contributed by atoms with E-state index >= 15 is 0 Å². The summed E-state index contributed by atoms with van der Waals surface area (Å²) >= 11 is 5.79. The van der Waals surface area contributed by atoms with Gasteiger partial charge in [-0.05, 0) is 37.6 Å². The molecule has 16 heavy (non-hydrogen) atoms. The molecular weight excluding hydrogens is 246 g/mol. The average molecular weight is 260 g/mol. The summed E-state index contributed by atoms with van der Waals surface area (Å²) < 4.78 is 24.1. The molecule has 0 spiro atoms. The van der Waals surface area contributed by atoms with Gasteiger partial charge in [0.2, 0.25) is 0 Å². The van der Waals surface area contributed by atoms with Crippen molar-refractivity contribution < 1.29 is 8.42 Å². The van der Waals surface area contributed by atoms with Gasteiger partial charge in [-0.1, -0.05) is 17.7 Å². The summed E-state index contributed by atoms with van der Waals surface area (Å²) in [6.45, 7) is 0.912. The maximum absolute atomic E-state index is 12.0. The standard InChI is InChI=1S/C11H14ClNO2S/c12-9-3-1-5-11(7-9)16(14,15)8-10-4-2-6-13-10/h1,3,5,7,10,13H,2,4,6,8H2. The van der Waals surface area contributed by atoms with Gasteiger partial charge in [0.1, 0.15) is 0 Å². The molecule has 1 aromatic rings. The molecule has 0 saturated carbocycles. The summed E-state index contributed by atoms with van der Waals surface area (Å²) in [6, 6.07) is 6.53. The van der Waals surface area contributed by atoms with E-state index in [1.807, 2.05) is 0 Å². The predicted molar refractivity (Wildman–Crippen MR) is 64.5 cm³/mol. The fourth-order valence-electron chi connectivity index (χ4n) is 1.92. The Morgan fingerprint density at radius 3 is 2.88 bits per heavy atom. The van der Waals surface area contributed by atoms with Crippen molar-refractivity contribution in [3.05, 3.63) is 29.3 Å². The van der Waals surface area contributed by atoms with Gasteiger partial charge in [0, 0.05) is 11.1 Å². The van der Waals surface area contributed by atoms with E-state index in [0.29, 0.717) is 9.92 Å². The first-order valence-corrected chi connectivity index (χ1v) is 7.33. The molecular formula is C11H14ClNO2S. The first-order chi connectivity index (χ1) is 7.58. The number of rotatable bonds is 3. The summed E-state index contributed by atoms with van der Waals surface area (Å²) in [5, 5.41) is 3.64. The Labute approximate surface area is 101 Å². The summed E-state index contributed by atoms with van der Waals surface area (Å²) in [5.74, 6) is 0.160. The first-order valence-electron chi connectivity index (χ1n) is 5.30. The summed E-state index contributed by atoms with van der Waals surface area (Å²) in [5.41, 5.74) is 0. The first kappa shape index (κ1) is 11.9. The Morgan fingerprint density at radius 2 is 2.25 bits per heavy atom. The lowest BCUT2D eigenvalue weighted by Crippen LogP contribution is -2.29. The second-order valence-corrected chi connectivity index (χ2v) is 6.50. The number of benzene rings is 1. The van der Waals surface area contributed by atoms with Gasteiger partial charge in [0.05, 0.1) is 10.6 Å². The number of hydrogen-bond acceptors (Lipinski definition) is 3. The third-order valence-electron chi connectivity index (χ3n) is 2.74. The molecule has 1 aliphatic rings. The van der Waals surface area contributed by atoms with Crippen LogP contribution in [-0.4, -0.2) is 26.8 Å². The van der Waals surface area contributed by atoms with Gasteiger partial charge in [-0.3, -0.25) is 0 Å². The molecule has 2 rings (SSSR count). The van der Waals surface area contributed by atoms with Gasteiger partial charge in [-0.15, -0.1) is 0 Å². The largest absolute Gasteiger partial charge is 0.313 e. The molecule has 1 fully saturated rings. The SMILES string of the molecule is O=S(=O)(CC1CCCN1)c1cccc(Cl)c1. The zero-order chi connectivity index (χ0) is 11.6. The highest BCUT2D eigenvalue weighted by molar-refractivity contribution is 7.91. The predicted octanol–water partition coefficient (Wildman–Crippen LogP) is 1.87. The molecule has 1 N–H and O–H groups in total. The van der Waals surface area contributed by atoms with Crippen LogP contribution in [0, 0.1) is 0 Å².